The molecule has 0 radical (unpaired) electrons. The number of cyclic esters (lactones) is 1. The second-order valence-electron chi connectivity index (χ2n) is 6.06. The number of carbonyl (C=O) groups is 1. The standard InChI is InChI=1S/C18H13ClF5NO3/c19-12-6-1-9(8-14(12)28-18(23,24)16(21)22)7-13-15(27-17(26)25-13)10-2-4-11(20)5-3-10/h1-6,8,13,15-16H,7H2,(H,25,26). The molecule has 1 fully saturated rings. The molecule has 1 aliphatic heterocycles. The quantitative estimate of drug-likeness (QED) is 0.659. The van der Waals surface area contributed by atoms with Gasteiger partial charge in [-0.15, -0.1) is 0 Å². The molecule has 1 heterocycles. The zero-order valence-corrected chi connectivity index (χ0v) is 14.7. The van der Waals surface area contributed by atoms with Crippen LogP contribution in [0.25, 0.3) is 0 Å². The molecule has 2 aromatic rings. The third kappa shape index (κ3) is 4.46. The van der Waals surface area contributed by atoms with Gasteiger partial charge < -0.3 is 14.8 Å². The molecule has 3 rings (SSSR count). The molecule has 2 atom stereocenters. The van der Waals surface area contributed by atoms with Crippen LogP contribution in [0.1, 0.15) is 17.2 Å². The SMILES string of the molecule is O=C1NC(Cc2ccc(Cl)c(OC(F)(F)C(F)F)c2)C(c2ccc(F)cc2)O1. The van der Waals surface area contributed by atoms with Crippen LogP contribution in [0.15, 0.2) is 42.5 Å². The number of alkyl halides is 4. The van der Waals surface area contributed by atoms with Gasteiger partial charge in [-0.2, -0.15) is 17.6 Å². The molecule has 0 bridgehead atoms. The number of amides is 1. The van der Waals surface area contributed by atoms with E-state index in [0.29, 0.717) is 11.1 Å². The summed E-state index contributed by atoms with van der Waals surface area (Å²) in [5.74, 6) is -1.08. The van der Waals surface area contributed by atoms with Crippen molar-refractivity contribution in [3.63, 3.8) is 0 Å². The van der Waals surface area contributed by atoms with Crippen LogP contribution in [0, 0.1) is 5.82 Å². The van der Waals surface area contributed by atoms with Gasteiger partial charge >= 0.3 is 18.6 Å². The van der Waals surface area contributed by atoms with Crippen molar-refractivity contribution >= 4 is 17.7 Å². The zero-order valence-electron chi connectivity index (χ0n) is 14.0. The Labute approximate surface area is 161 Å². The smallest absolute Gasteiger partial charge is 0.439 e. The van der Waals surface area contributed by atoms with Crippen molar-refractivity contribution in [2.24, 2.45) is 0 Å². The average Bonchev–Trinajstić information content (AvgIpc) is 2.98. The highest BCUT2D eigenvalue weighted by Gasteiger charge is 2.44. The van der Waals surface area contributed by atoms with Gasteiger partial charge in [-0.1, -0.05) is 29.8 Å². The van der Waals surface area contributed by atoms with Crippen LogP contribution in [0.3, 0.4) is 0 Å². The van der Waals surface area contributed by atoms with E-state index in [2.05, 4.69) is 10.1 Å². The minimum atomic E-state index is -4.70. The molecule has 10 heteroatoms. The lowest BCUT2D eigenvalue weighted by Crippen LogP contribution is -2.33. The molecule has 28 heavy (non-hydrogen) atoms. The molecule has 0 spiro atoms. The van der Waals surface area contributed by atoms with E-state index < -0.39 is 42.3 Å². The maximum atomic E-state index is 13.2. The van der Waals surface area contributed by atoms with Crippen LogP contribution < -0.4 is 10.1 Å². The molecule has 2 aromatic carbocycles. The van der Waals surface area contributed by atoms with Gasteiger partial charge in [-0.25, -0.2) is 9.18 Å². The Hall–Kier alpha value is -2.55. The highest BCUT2D eigenvalue weighted by atomic mass is 35.5. The van der Waals surface area contributed by atoms with Crippen molar-refractivity contribution in [2.75, 3.05) is 0 Å². The maximum Gasteiger partial charge on any atom is 0.461 e. The summed E-state index contributed by atoms with van der Waals surface area (Å²) in [6.45, 7) is 0. The molecule has 0 aliphatic carbocycles. The topological polar surface area (TPSA) is 47.6 Å². The predicted molar refractivity (Wildman–Crippen MR) is 89.3 cm³/mol. The molecule has 0 aromatic heterocycles. The van der Waals surface area contributed by atoms with Crippen LogP contribution in [-0.2, 0) is 11.2 Å². The first-order valence-corrected chi connectivity index (χ1v) is 8.39. The molecule has 4 nitrogen and oxygen atoms in total. The van der Waals surface area contributed by atoms with Crippen molar-refractivity contribution in [3.05, 3.63) is 64.4 Å². The summed E-state index contributed by atoms with van der Waals surface area (Å²) < 4.78 is 73.4. The van der Waals surface area contributed by atoms with Crippen molar-refractivity contribution in [2.45, 2.75) is 31.1 Å². The van der Waals surface area contributed by atoms with Crippen molar-refractivity contribution in [1.82, 2.24) is 5.32 Å². The number of nitrogens with one attached hydrogen (secondary N) is 1. The summed E-state index contributed by atoms with van der Waals surface area (Å²) in [5.41, 5.74) is 0.909. The second kappa shape index (κ2) is 7.83. The third-order valence-electron chi connectivity index (χ3n) is 4.05. The number of rotatable bonds is 6. The van der Waals surface area contributed by atoms with Gasteiger partial charge in [-0.3, -0.25) is 0 Å². The van der Waals surface area contributed by atoms with Gasteiger partial charge in [0.15, 0.2) is 0 Å². The van der Waals surface area contributed by atoms with E-state index >= 15 is 0 Å². The van der Waals surface area contributed by atoms with Crippen molar-refractivity contribution < 1.29 is 36.2 Å². The van der Waals surface area contributed by atoms with E-state index in [-0.39, 0.29) is 11.4 Å². The van der Waals surface area contributed by atoms with Gasteiger partial charge in [0.2, 0.25) is 0 Å². The molecular weight excluding hydrogens is 409 g/mol. The molecule has 1 amide bonds. The molecule has 1 aliphatic rings. The fourth-order valence-electron chi connectivity index (χ4n) is 2.77. The number of carbonyl (C=O) groups excluding carboxylic acids is 1. The van der Waals surface area contributed by atoms with E-state index in [9.17, 15) is 26.7 Å². The highest BCUT2D eigenvalue weighted by molar-refractivity contribution is 6.32. The van der Waals surface area contributed by atoms with Crippen LogP contribution in [-0.4, -0.2) is 24.7 Å². The van der Waals surface area contributed by atoms with Crippen LogP contribution in [0.5, 0.6) is 5.75 Å². The third-order valence-corrected chi connectivity index (χ3v) is 4.36. The minimum Gasteiger partial charge on any atom is -0.439 e. The summed E-state index contributed by atoms with van der Waals surface area (Å²) in [4.78, 5) is 11.6. The normalized spacial score (nSPS) is 19.5. The Balaban J connectivity index is 1.81. The minimum absolute atomic E-state index is 0.0988. The van der Waals surface area contributed by atoms with Gasteiger partial charge in [-0.05, 0) is 41.8 Å². The van der Waals surface area contributed by atoms with Crippen molar-refractivity contribution in [1.29, 1.82) is 0 Å². The van der Waals surface area contributed by atoms with Crippen molar-refractivity contribution in [3.8, 4) is 5.75 Å². The van der Waals surface area contributed by atoms with Crippen LogP contribution >= 0.6 is 11.6 Å². The van der Waals surface area contributed by atoms with Gasteiger partial charge in [0.05, 0.1) is 11.1 Å². The molecular formula is C18H13ClF5NO3. The first-order valence-electron chi connectivity index (χ1n) is 8.02. The summed E-state index contributed by atoms with van der Waals surface area (Å²) in [6, 6.07) is 8.49. The Morgan fingerprint density at radius 2 is 1.86 bits per heavy atom. The number of hydrogen-bond donors (Lipinski definition) is 1. The molecule has 2 unspecified atom stereocenters. The summed E-state index contributed by atoms with van der Waals surface area (Å²) >= 11 is 5.75. The maximum absolute atomic E-state index is 13.2. The molecule has 150 valence electrons. The lowest BCUT2D eigenvalue weighted by molar-refractivity contribution is -0.253. The number of halogens is 6. The number of ether oxygens (including phenoxy) is 2. The Kier molecular flexibility index (Phi) is 5.64. The van der Waals surface area contributed by atoms with E-state index in [0.717, 1.165) is 6.07 Å². The van der Waals surface area contributed by atoms with Crippen LogP contribution in [0.2, 0.25) is 5.02 Å². The lowest BCUT2D eigenvalue weighted by Gasteiger charge is -2.20. The summed E-state index contributed by atoms with van der Waals surface area (Å²) in [5, 5.41) is 2.30. The van der Waals surface area contributed by atoms with E-state index in [1.807, 2.05) is 0 Å². The Bertz CT molecular complexity index is 863. The summed E-state index contributed by atoms with van der Waals surface area (Å²) in [7, 11) is 0. The monoisotopic (exact) mass is 421 g/mol. The predicted octanol–water partition coefficient (Wildman–Crippen LogP) is 5.11. The lowest BCUT2D eigenvalue weighted by atomic mass is 9.96. The molecule has 1 N–H and O–H groups in total. The largest absolute Gasteiger partial charge is 0.461 e. The Morgan fingerprint density at radius 1 is 1.18 bits per heavy atom. The fraction of sp³-hybridized carbons (Fsp3) is 0.278. The average molecular weight is 422 g/mol. The first-order chi connectivity index (χ1) is 13.2. The van der Waals surface area contributed by atoms with Crippen LogP contribution in [0.4, 0.5) is 26.7 Å². The molecule has 0 saturated carbocycles. The second-order valence-corrected chi connectivity index (χ2v) is 6.47. The van der Waals surface area contributed by atoms with Gasteiger partial charge in [0.1, 0.15) is 17.7 Å². The van der Waals surface area contributed by atoms with E-state index in [4.69, 9.17) is 16.3 Å². The highest BCUT2D eigenvalue weighted by Crippen LogP contribution is 2.35. The van der Waals surface area contributed by atoms with E-state index in [1.54, 1.807) is 0 Å². The zero-order chi connectivity index (χ0) is 20.5. The van der Waals surface area contributed by atoms with E-state index in [1.165, 1.54) is 36.4 Å². The first kappa shape index (κ1) is 20.2. The number of alkyl carbamates (subject to hydrolysis) is 1. The van der Waals surface area contributed by atoms with Gasteiger partial charge in [0.25, 0.3) is 0 Å². The Morgan fingerprint density at radius 3 is 2.50 bits per heavy atom. The fourth-order valence-corrected chi connectivity index (χ4v) is 2.92. The summed E-state index contributed by atoms with van der Waals surface area (Å²) in [6.07, 6.45) is -10.1. The van der Waals surface area contributed by atoms with Gasteiger partial charge in [0, 0.05) is 0 Å². The number of hydrogen-bond acceptors (Lipinski definition) is 3. The molecule has 1 saturated heterocycles. The number of benzene rings is 2.